The van der Waals surface area contributed by atoms with Gasteiger partial charge in [0.25, 0.3) is 0 Å². The zero-order valence-electron chi connectivity index (χ0n) is 7.72. The second kappa shape index (κ2) is 7.98. The SMILES string of the molecule is CCC(COCCOC)NC. The minimum atomic E-state index is 0.479. The maximum absolute atomic E-state index is 5.33. The van der Waals surface area contributed by atoms with Gasteiger partial charge in [-0.15, -0.1) is 0 Å². The van der Waals surface area contributed by atoms with Crippen molar-refractivity contribution in [3.05, 3.63) is 0 Å². The fourth-order valence-corrected chi connectivity index (χ4v) is 0.773. The number of likely N-dealkylation sites (N-methyl/N-ethyl adjacent to an activating group) is 1. The van der Waals surface area contributed by atoms with Gasteiger partial charge in [0.05, 0.1) is 19.8 Å². The summed E-state index contributed by atoms with van der Waals surface area (Å²) in [6.07, 6.45) is 1.10. The molecule has 0 amide bonds. The molecule has 0 bridgehead atoms. The van der Waals surface area contributed by atoms with E-state index in [1.54, 1.807) is 7.11 Å². The predicted octanol–water partition coefficient (Wildman–Crippen LogP) is 0.647. The first-order valence-electron chi connectivity index (χ1n) is 4.09. The lowest BCUT2D eigenvalue weighted by Gasteiger charge is -2.13. The third kappa shape index (κ3) is 6.28. The average molecular weight is 161 g/mol. The van der Waals surface area contributed by atoms with E-state index in [1.165, 1.54) is 0 Å². The Labute approximate surface area is 69.1 Å². The van der Waals surface area contributed by atoms with Crippen molar-refractivity contribution in [1.29, 1.82) is 0 Å². The minimum Gasteiger partial charge on any atom is -0.382 e. The molecule has 1 N–H and O–H groups in total. The van der Waals surface area contributed by atoms with Crippen LogP contribution in [0.4, 0.5) is 0 Å². The van der Waals surface area contributed by atoms with Crippen LogP contribution in [0.2, 0.25) is 0 Å². The molecule has 0 radical (unpaired) electrons. The average Bonchev–Trinajstić information content (AvgIpc) is 2.05. The molecule has 0 heterocycles. The zero-order valence-corrected chi connectivity index (χ0v) is 7.72. The molecular weight excluding hydrogens is 142 g/mol. The highest BCUT2D eigenvalue weighted by molar-refractivity contribution is 4.59. The Morgan fingerprint density at radius 1 is 1.36 bits per heavy atom. The van der Waals surface area contributed by atoms with Gasteiger partial charge in [0.15, 0.2) is 0 Å². The maximum atomic E-state index is 5.33. The van der Waals surface area contributed by atoms with Crippen molar-refractivity contribution in [2.75, 3.05) is 34.0 Å². The summed E-state index contributed by atoms with van der Waals surface area (Å²) < 4.78 is 10.2. The lowest BCUT2D eigenvalue weighted by Crippen LogP contribution is -2.29. The molecule has 3 heteroatoms. The van der Waals surface area contributed by atoms with E-state index in [0.29, 0.717) is 19.3 Å². The van der Waals surface area contributed by atoms with E-state index in [9.17, 15) is 0 Å². The van der Waals surface area contributed by atoms with E-state index in [4.69, 9.17) is 9.47 Å². The Bertz CT molecular complexity index is 74.5. The Balaban J connectivity index is 3.07. The zero-order chi connectivity index (χ0) is 8.53. The summed E-state index contributed by atoms with van der Waals surface area (Å²) in [5, 5.41) is 3.16. The second-order valence-electron chi connectivity index (χ2n) is 2.46. The van der Waals surface area contributed by atoms with E-state index in [-0.39, 0.29) is 0 Å². The Hall–Kier alpha value is -0.120. The van der Waals surface area contributed by atoms with Gasteiger partial charge in [0, 0.05) is 13.2 Å². The van der Waals surface area contributed by atoms with Crippen LogP contribution < -0.4 is 5.32 Å². The molecule has 0 rings (SSSR count). The predicted molar refractivity (Wildman–Crippen MR) is 45.8 cm³/mol. The van der Waals surface area contributed by atoms with Crippen LogP contribution in [0, 0.1) is 0 Å². The highest BCUT2D eigenvalue weighted by Gasteiger charge is 2.00. The Morgan fingerprint density at radius 3 is 2.55 bits per heavy atom. The smallest absolute Gasteiger partial charge is 0.0701 e. The van der Waals surface area contributed by atoms with Gasteiger partial charge in [-0.05, 0) is 13.5 Å². The van der Waals surface area contributed by atoms with E-state index in [2.05, 4.69) is 12.2 Å². The topological polar surface area (TPSA) is 30.5 Å². The molecular formula is C8H19NO2. The lowest BCUT2D eigenvalue weighted by atomic mass is 10.2. The molecule has 68 valence electrons. The molecule has 0 aliphatic heterocycles. The molecule has 0 spiro atoms. The molecule has 0 aliphatic rings. The van der Waals surface area contributed by atoms with Crippen molar-refractivity contribution in [2.24, 2.45) is 0 Å². The third-order valence-electron chi connectivity index (χ3n) is 1.65. The van der Waals surface area contributed by atoms with E-state index in [1.807, 2.05) is 7.05 Å². The van der Waals surface area contributed by atoms with Crippen LogP contribution in [-0.4, -0.2) is 40.0 Å². The van der Waals surface area contributed by atoms with Crippen molar-refractivity contribution in [2.45, 2.75) is 19.4 Å². The summed E-state index contributed by atoms with van der Waals surface area (Å²) in [7, 11) is 3.63. The summed E-state index contributed by atoms with van der Waals surface area (Å²) in [5.41, 5.74) is 0. The van der Waals surface area contributed by atoms with Gasteiger partial charge in [0.1, 0.15) is 0 Å². The van der Waals surface area contributed by atoms with Gasteiger partial charge in [-0.3, -0.25) is 0 Å². The lowest BCUT2D eigenvalue weighted by molar-refractivity contribution is 0.0592. The molecule has 1 atom stereocenters. The van der Waals surface area contributed by atoms with Crippen LogP contribution in [0.3, 0.4) is 0 Å². The Kier molecular flexibility index (Phi) is 7.89. The third-order valence-corrected chi connectivity index (χ3v) is 1.65. The first-order chi connectivity index (χ1) is 5.35. The standard InChI is InChI=1S/C8H19NO2/c1-4-8(9-2)7-11-6-5-10-3/h8-9H,4-7H2,1-3H3. The summed E-state index contributed by atoms with van der Waals surface area (Å²) in [6, 6.07) is 0.479. The van der Waals surface area contributed by atoms with Gasteiger partial charge >= 0.3 is 0 Å². The normalized spacial score (nSPS) is 13.4. The monoisotopic (exact) mass is 161 g/mol. The molecule has 0 aliphatic carbocycles. The first-order valence-corrected chi connectivity index (χ1v) is 4.09. The first kappa shape index (κ1) is 10.9. The van der Waals surface area contributed by atoms with Crippen LogP contribution in [0.15, 0.2) is 0 Å². The minimum absolute atomic E-state index is 0.479. The maximum Gasteiger partial charge on any atom is 0.0701 e. The van der Waals surface area contributed by atoms with Gasteiger partial charge < -0.3 is 14.8 Å². The Morgan fingerprint density at radius 2 is 2.09 bits per heavy atom. The molecule has 0 saturated carbocycles. The second-order valence-corrected chi connectivity index (χ2v) is 2.46. The van der Waals surface area contributed by atoms with Crippen LogP contribution in [-0.2, 0) is 9.47 Å². The van der Waals surface area contributed by atoms with Crippen molar-refractivity contribution in [3.8, 4) is 0 Å². The van der Waals surface area contributed by atoms with Crippen molar-refractivity contribution in [1.82, 2.24) is 5.32 Å². The van der Waals surface area contributed by atoms with Gasteiger partial charge in [-0.1, -0.05) is 6.92 Å². The van der Waals surface area contributed by atoms with Gasteiger partial charge in [0.2, 0.25) is 0 Å². The number of hydrogen-bond donors (Lipinski definition) is 1. The fraction of sp³-hybridized carbons (Fsp3) is 1.00. The number of ether oxygens (including phenoxy) is 2. The molecule has 0 fully saturated rings. The number of hydrogen-bond acceptors (Lipinski definition) is 3. The molecule has 3 nitrogen and oxygen atoms in total. The van der Waals surface area contributed by atoms with Crippen LogP contribution in [0.1, 0.15) is 13.3 Å². The van der Waals surface area contributed by atoms with E-state index < -0.39 is 0 Å². The van der Waals surface area contributed by atoms with Crippen LogP contribution in [0.5, 0.6) is 0 Å². The summed E-state index contributed by atoms with van der Waals surface area (Å²) in [5.74, 6) is 0. The highest BCUT2D eigenvalue weighted by atomic mass is 16.5. The summed E-state index contributed by atoms with van der Waals surface area (Å²) in [4.78, 5) is 0. The largest absolute Gasteiger partial charge is 0.382 e. The molecule has 0 aromatic carbocycles. The van der Waals surface area contributed by atoms with Gasteiger partial charge in [-0.25, -0.2) is 0 Å². The van der Waals surface area contributed by atoms with Gasteiger partial charge in [-0.2, -0.15) is 0 Å². The molecule has 11 heavy (non-hydrogen) atoms. The number of nitrogens with one attached hydrogen (secondary N) is 1. The van der Waals surface area contributed by atoms with E-state index >= 15 is 0 Å². The van der Waals surface area contributed by atoms with Crippen molar-refractivity contribution in [3.63, 3.8) is 0 Å². The molecule has 0 aromatic rings. The molecule has 1 unspecified atom stereocenters. The number of rotatable bonds is 7. The summed E-state index contributed by atoms with van der Waals surface area (Å²) in [6.45, 7) is 4.28. The highest BCUT2D eigenvalue weighted by Crippen LogP contribution is 1.90. The summed E-state index contributed by atoms with van der Waals surface area (Å²) >= 11 is 0. The van der Waals surface area contributed by atoms with Crippen molar-refractivity contribution >= 4 is 0 Å². The molecule has 0 saturated heterocycles. The van der Waals surface area contributed by atoms with Crippen LogP contribution in [0.25, 0.3) is 0 Å². The quantitative estimate of drug-likeness (QED) is 0.556. The fourth-order valence-electron chi connectivity index (χ4n) is 0.773. The molecule has 0 aromatic heterocycles. The van der Waals surface area contributed by atoms with E-state index in [0.717, 1.165) is 13.0 Å². The van der Waals surface area contributed by atoms with Crippen LogP contribution >= 0.6 is 0 Å². The van der Waals surface area contributed by atoms with Crippen molar-refractivity contribution < 1.29 is 9.47 Å². The number of methoxy groups -OCH3 is 1.